The molecule has 0 radical (unpaired) electrons. The van der Waals surface area contributed by atoms with Gasteiger partial charge in [-0.25, -0.2) is 4.39 Å². The number of hydrogen-bond acceptors (Lipinski definition) is 0. The zero-order valence-corrected chi connectivity index (χ0v) is 10.8. The van der Waals surface area contributed by atoms with Crippen LogP contribution in [0.4, 0.5) is 4.39 Å². The maximum absolute atomic E-state index is 13.3. The average Bonchev–Trinajstić information content (AvgIpc) is 2.23. The van der Waals surface area contributed by atoms with Crippen molar-refractivity contribution in [2.24, 2.45) is 0 Å². The summed E-state index contributed by atoms with van der Waals surface area (Å²) in [5.41, 5.74) is 1.83. The third-order valence-corrected chi connectivity index (χ3v) is 3.61. The van der Waals surface area contributed by atoms with E-state index < -0.39 is 0 Å². The molecule has 76 valence electrons. The molecule has 0 nitrogen and oxygen atoms in total. The van der Waals surface area contributed by atoms with E-state index in [0.29, 0.717) is 4.47 Å². The van der Waals surface area contributed by atoms with Gasteiger partial charge in [0.1, 0.15) is 5.82 Å². The molecule has 0 aliphatic carbocycles. The Labute approximate surface area is 104 Å². The second-order valence-electron chi connectivity index (χ2n) is 3.08. The first-order valence-corrected chi connectivity index (χ1v) is 5.97. The second-order valence-corrected chi connectivity index (χ2v) is 4.73. The third-order valence-electron chi connectivity index (χ3n) is 2.12. The zero-order chi connectivity index (χ0) is 10.8. The van der Waals surface area contributed by atoms with Crippen LogP contribution in [0.3, 0.4) is 0 Å². The normalized spacial score (nSPS) is 10.3. The lowest BCUT2D eigenvalue weighted by molar-refractivity contribution is 0.622. The summed E-state index contributed by atoms with van der Waals surface area (Å²) in [6, 6.07) is 12.8. The Kier molecular flexibility index (Phi) is 3.22. The predicted molar refractivity (Wildman–Crippen MR) is 67.2 cm³/mol. The van der Waals surface area contributed by atoms with Crippen molar-refractivity contribution in [2.45, 2.75) is 0 Å². The van der Waals surface area contributed by atoms with Crippen LogP contribution in [0.15, 0.2) is 51.4 Å². The van der Waals surface area contributed by atoms with Crippen LogP contribution < -0.4 is 0 Å². The Morgan fingerprint density at radius 1 is 0.800 bits per heavy atom. The van der Waals surface area contributed by atoms with Crippen LogP contribution in [0.1, 0.15) is 0 Å². The van der Waals surface area contributed by atoms with E-state index in [1.165, 1.54) is 6.07 Å². The highest BCUT2D eigenvalue weighted by atomic mass is 79.9. The van der Waals surface area contributed by atoms with Crippen molar-refractivity contribution in [1.29, 1.82) is 0 Å². The minimum atomic E-state index is -0.247. The molecule has 0 heterocycles. The summed E-state index contributed by atoms with van der Waals surface area (Å²) in [7, 11) is 0. The minimum absolute atomic E-state index is 0.247. The summed E-state index contributed by atoms with van der Waals surface area (Å²) in [4.78, 5) is 0. The van der Waals surface area contributed by atoms with Gasteiger partial charge in [-0.1, -0.05) is 46.3 Å². The molecule has 2 rings (SSSR count). The van der Waals surface area contributed by atoms with Gasteiger partial charge < -0.3 is 0 Å². The van der Waals surface area contributed by atoms with Gasteiger partial charge in [-0.15, -0.1) is 0 Å². The smallest absolute Gasteiger partial charge is 0.138 e. The summed E-state index contributed by atoms with van der Waals surface area (Å²) in [5, 5.41) is 0. The third kappa shape index (κ3) is 2.13. The molecular formula is C12H7Br2F. The average molecular weight is 330 g/mol. The van der Waals surface area contributed by atoms with Gasteiger partial charge in [0.25, 0.3) is 0 Å². The van der Waals surface area contributed by atoms with Crippen molar-refractivity contribution in [3.63, 3.8) is 0 Å². The molecule has 0 aliphatic heterocycles. The molecule has 0 saturated heterocycles. The highest BCUT2D eigenvalue weighted by Gasteiger charge is 2.09. The molecule has 15 heavy (non-hydrogen) atoms. The molecule has 0 fully saturated rings. The van der Waals surface area contributed by atoms with Crippen LogP contribution in [-0.2, 0) is 0 Å². The lowest BCUT2D eigenvalue weighted by Crippen LogP contribution is -1.84. The van der Waals surface area contributed by atoms with Crippen LogP contribution in [0.2, 0.25) is 0 Å². The largest absolute Gasteiger partial charge is 0.206 e. The standard InChI is InChI=1S/C12H7Br2F/c13-10-6-2-1-4-8(10)9-5-3-7-11(15)12(9)14/h1-7H. The molecule has 0 N–H and O–H groups in total. The first kappa shape index (κ1) is 10.8. The molecule has 3 heteroatoms. The van der Waals surface area contributed by atoms with Crippen molar-refractivity contribution >= 4 is 31.9 Å². The van der Waals surface area contributed by atoms with Crippen LogP contribution in [0, 0.1) is 5.82 Å². The molecule has 0 unspecified atom stereocenters. The van der Waals surface area contributed by atoms with E-state index >= 15 is 0 Å². The van der Waals surface area contributed by atoms with E-state index in [9.17, 15) is 4.39 Å². The van der Waals surface area contributed by atoms with Crippen LogP contribution >= 0.6 is 31.9 Å². The molecule has 2 aromatic rings. The van der Waals surface area contributed by atoms with E-state index in [1.807, 2.05) is 30.3 Å². The van der Waals surface area contributed by atoms with Gasteiger partial charge in [0.05, 0.1) is 4.47 Å². The number of halogens is 3. The number of rotatable bonds is 1. The van der Waals surface area contributed by atoms with E-state index in [-0.39, 0.29) is 5.82 Å². The van der Waals surface area contributed by atoms with Gasteiger partial charge in [0.2, 0.25) is 0 Å². The Morgan fingerprint density at radius 2 is 1.47 bits per heavy atom. The van der Waals surface area contributed by atoms with Crippen LogP contribution in [-0.4, -0.2) is 0 Å². The van der Waals surface area contributed by atoms with Crippen molar-refractivity contribution < 1.29 is 4.39 Å². The van der Waals surface area contributed by atoms with Crippen molar-refractivity contribution in [3.05, 3.63) is 57.2 Å². The Morgan fingerprint density at radius 3 is 2.20 bits per heavy atom. The number of hydrogen-bond donors (Lipinski definition) is 0. The maximum Gasteiger partial charge on any atom is 0.138 e. The fourth-order valence-electron chi connectivity index (χ4n) is 1.39. The van der Waals surface area contributed by atoms with E-state index in [4.69, 9.17) is 0 Å². The van der Waals surface area contributed by atoms with Gasteiger partial charge in [0, 0.05) is 4.47 Å². The van der Waals surface area contributed by atoms with E-state index in [0.717, 1.165) is 15.6 Å². The summed E-state index contributed by atoms with van der Waals surface area (Å²) < 4.78 is 14.8. The number of benzene rings is 2. The SMILES string of the molecule is Fc1cccc(-c2ccccc2Br)c1Br. The van der Waals surface area contributed by atoms with Gasteiger partial charge in [-0.2, -0.15) is 0 Å². The molecule has 2 aromatic carbocycles. The topological polar surface area (TPSA) is 0 Å². The monoisotopic (exact) mass is 328 g/mol. The Bertz CT molecular complexity index is 495. The fourth-order valence-corrected chi connectivity index (χ4v) is 2.37. The van der Waals surface area contributed by atoms with Crippen molar-refractivity contribution in [3.8, 4) is 11.1 Å². The summed E-state index contributed by atoms with van der Waals surface area (Å²) in [6.07, 6.45) is 0. The molecule has 0 aromatic heterocycles. The molecule has 0 bridgehead atoms. The predicted octanol–water partition coefficient (Wildman–Crippen LogP) is 5.02. The van der Waals surface area contributed by atoms with Crippen molar-refractivity contribution in [2.75, 3.05) is 0 Å². The quantitative estimate of drug-likeness (QED) is 0.689. The molecule has 0 atom stereocenters. The lowest BCUT2D eigenvalue weighted by Gasteiger charge is -2.07. The van der Waals surface area contributed by atoms with Crippen LogP contribution in [0.25, 0.3) is 11.1 Å². The van der Waals surface area contributed by atoms with Gasteiger partial charge in [-0.3, -0.25) is 0 Å². The first-order valence-electron chi connectivity index (χ1n) is 4.39. The molecule has 0 saturated carbocycles. The minimum Gasteiger partial charge on any atom is -0.206 e. The van der Waals surface area contributed by atoms with Gasteiger partial charge in [-0.05, 0) is 39.2 Å². The second kappa shape index (κ2) is 4.45. The molecule has 0 amide bonds. The maximum atomic E-state index is 13.3. The van der Waals surface area contributed by atoms with Gasteiger partial charge >= 0.3 is 0 Å². The van der Waals surface area contributed by atoms with Gasteiger partial charge in [0.15, 0.2) is 0 Å². The Balaban J connectivity index is 2.65. The summed E-state index contributed by atoms with van der Waals surface area (Å²) in [5.74, 6) is -0.247. The summed E-state index contributed by atoms with van der Waals surface area (Å²) >= 11 is 6.70. The van der Waals surface area contributed by atoms with Crippen molar-refractivity contribution in [1.82, 2.24) is 0 Å². The molecule has 0 aliphatic rings. The van der Waals surface area contributed by atoms with E-state index in [2.05, 4.69) is 31.9 Å². The molecule has 0 spiro atoms. The van der Waals surface area contributed by atoms with Crippen LogP contribution in [0.5, 0.6) is 0 Å². The zero-order valence-electron chi connectivity index (χ0n) is 7.68. The van der Waals surface area contributed by atoms with E-state index in [1.54, 1.807) is 6.07 Å². The molecular weight excluding hydrogens is 323 g/mol. The highest BCUT2D eigenvalue weighted by molar-refractivity contribution is 9.11. The summed E-state index contributed by atoms with van der Waals surface area (Å²) in [6.45, 7) is 0. The fraction of sp³-hybridized carbons (Fsp3) is 0. The Hall–Kier alpha value is -0.670. The lowest BCUT2D eigenvalue weighted by atomic mass is 10.1. The highest BCUT2D eigenvalue weighted by Crippen LogP contribution is 2.34. The first-order chi connectivity index (χ1) is 7.20.